The van der Waals surface area contributed by atoms with Crippen molar-refractivity contribution in [2.45, 2.75) is 0 Å². The fourth-order valence-corrected chi connectivity index (χ4v) is 6.82. The van der Waals surface area contributed by atoms with Crippen molar-refractivity contribution in [2.75, 3.05) is 9.80 Å². The van der Waals surface area contributed by atoms with E-state index in [1.54, 1.807) is 0 Å². The van der Waals surface area contributed by atoms with Crippen molar-refractivity contribution < 1.29 is 4.42 Å². The standard InChI is InChI=1S/C36H23BN2O/c1-2-11-24(12-3-1)38-30-16-7-5-14-28(30)37-29-15-6-8-17-31(29)39(33-19-10-18-32(38)36(33)37)25-21-22-35-27(23-25)26-13-4-9-20-34(26)40-35/h1-23H. The molecule has 0 bridgehead atoms. The first-order valence-corrected chi connectivity index (χ1v) is 13.7. The second-order valence-corrected chi connectivity index (χ2v) is 10.5. The van der Waals surface area contributed by atoms with E-state index in [1.165, 1.54) is 44.8 Å². The second kappa shape index (κ2) is 8.14. The fourth-order valence-electron chi connectivity index (χ4n) is 6.82. The van der Waals surface area contributed by atoms with E-state index in [4.69, 9.17) is 4.42 Å². The molecule has 40 heavy (non-hydrogen) atoms. The van der Waals surface area contributed by atoms with Gasteiger partial charge >= 0.3 is 0 Å². The minimum absolute atomic E-state index is 0.147. The van der Waals surface area contributed by atoms with Crippen molar-refractivity contribution in [3.8, 4) is 0 Å². The molecule has 0 saturated heterocycles. The molecule has 3 heterocycles. The Balaban J connectivity index is 1.35. The first-order chi connectivity index (χ1) is 19.9. The topological polar surface area (TPSA) is 19.6 Å². The van der Waals surface area contributed by atoms with E-state index in [0.29, 0.717) is 0 Å². The number of hydrogen-bond donors (Lipinski definition) is 0. The minimum atomic E-state index is 0.147. The Morgan fingerprint density at radius 1 is 0.425 bits per heavy atom. The van der Waals surface area contributed by atoms with Gasteiger partial charge in [0.05, 0.1) is 0 Å². The van der Waals surface area contributed by atoms with Gasteiger partial charge in [-0.3, -0.25) is 0 Å². The largest absolute Gasteiger partial charge is 0.456 e. The number of furan rings is 1. The van der Waals surface area contributed by atoms with Crippen LogP contribution < -0.4 is 26.2 Å². The van der Waals surface area contributed by atoms with Crippen molar-refractivity contribution in [3.05, 3.63) is 140 Å². The third-order valence-corrected chi connectivity index (χ3v) is 8.44. The van der Waals surface area contributed by atoms with E-state index in [9.17, 15) is 0 Å². The maximum Gasteiger partial charge on any atom is 0.252 e. The van der Waals surface area contributed by atoms with E-state index in [0.717, 1.165) is 27.6 Å². The molecule has 2 aliphatic rings. The molecule has 3 nitrogen and oxygen atoms in total. The average Bonchev–Trinajstić information content (AvgIpc) is 3.39. The number of anilines is 6. The van der Waals surface area contributed by atoms with Crippen LogP contribution in [0.4, 0.5) is 34.1 Å². The molecule has 0 atom stereocenters. The lowest BCUT2D eigenvalue weighted by atomic mass is 9.33. The summed E-state index contributed by atoms with van der Waals surface area (Å²) < 4.78 is 6.17. The van der Waals surface area contributed by atoms with Crippen molar-refractivity contribution in [1.82, 2.24) is 0 Å². The van der Waals surface area contributed by atoms with Gasteiger partial charge < -0.3 is 14.2 Å². The third kappa shape index (κ3) is 2.90. The molecule has 0 fully saturated rings. The molecule has 0 spiro atoms. The molecule has 7 aromatic rings. The maximum atomic E-state index is 6.17. The molecule has 9 rings (SSSR count). The summed E-state index contributed by atoms with van der Waals surface area (Å²) in [5.41, 5.74) is 13.0. The lowest BCUT2D eigenvalue weighted by Crippen LogP contribution is -2.61. The minimum Gasteiger partial charge on any atom is -0.456 e. The van der Waals surface area contributed by atoms with Crippen LogP contribution in [-0.2, 0) is 0 Å². The van der Waals surface area contributed by atoms with Crippen molar-refractivity contribution in [1.29, 1.82) is 0 Å². The fraction of sp³-hybridized carbons (Fsp3) is 0. The molecule has 0 saturated carbocycles. The van der Waals surface area contributed by atoms with Gasteiger partial charge in [-0.05, 0) is 77.1 Å². The number of fused-ring (bicyclic) bond motifs is 7. The number of rotatable bonds is 2. The summed E-state index contributed by atoms with van der Waals surface area (Å²) in [6, 6.07) is 50.1. The zero-order valence-electron chi connectivity index (χ0n) is 21.7. The third-order valence-electron chi connectivity index (χ3n) is 8.44. The Hall–Kier alpha value is -5.22. The highest BCUT2D eigenvalue weighted by Gasteiger charge is 2.42. The number of benzene rings is 6. The van der Waals surface area contributed by atoms with Crippen LogP contribution in [-0.4, -0.2) is 6.71 Å². The highest BCUT2D eigenvalue weighted by atomic mass is 16.3. The predicted octanol–water partition coefficient (Wildman–Crippen LogP) is 7.67. The molecule has 0 unspecified atom stereocenters. The summed E-state index contributed by atoms with van der Waals surface area (Å²) in [5.74, 6) is 0. The molecule has 0 radical (unpaired) electrons. The summed E-state index contributed by atoms with van der Waals surface area (Å²) in [4.78, 5) is 4.85. The zero-order valence-corrected chi connectivity index (χ0v) is 21.7. The van der Waals surface area contributed by atoms with Crippen LogP contribution in [0.1, 0.15) is 0 Å². The van der Waals surface area contributed by atoms with Gasteiger partial charge in [0.2, 0.25) is 0 Å². The second-order valence-electron chi connectivity index (χ2n) is 10.5. The van der Waals surface area contributed by atoms with E-state index >= 15 is 0 Å². The predicted molar refractivity (Wildman–Crippen MR) is 168 cm³/mol. The molecular weight excluding hydrogens is 487 g/mol. The molecule has 2 aliphatic heterocycles. The quantitative estimate of drug-likeness (QED) is 0.223. The van der Waals surface area contributed by atoms with Crippen molar-refractivity contribution in [3.63, 3.8) is 0 Å². The lowest BCUT2D eigenvalue weighted by Gasteiger charge is -2.44. The summed E-state index contributed by atoms with van der Waals surface area (Å²) in [6.07, 6.45) is 0. The maximum absolute atomic E-state index is 6.17. The van der Waals surface area contributed by atoms with E-state index in [2.05, 4.69) is 137 Å². The van der Waals surface area contributed by atoms with Gasteiger partial charge in [0.1, 0.15) is 11.2 Å². The average molecular weight is 510 g/mol. The summed E-state index contributed by atoms with van der Waals surface area (Å²) in [5, 5.41) is 2.27. The summed E-state index contributed by atoms with van der Waals surface area (Å²) >= 11 is 0. The molecular formula is C36H23BN2O. The van der Waals surface area contributed by atoms with Crippen LogP contribution in [0.5, 0.6) is 0 Å². The van der Waals surface area contributed by atoms with Gasteiger partial charge in [-0.25, -0.2) is 0 Å². The molecule has 0 N–H and O–H groups in total. The zero-order chi connectivity index (χ0) is 26.2. The lowest BCUT2D eigenvalue weighted by molar-refractivity contribution is 0.669. The summed E-state index contributed by atoms with van der Waals surface area (Å²) in [7, 11) is 0. The van der Waals surface area contributed by atoms with E-state index in [-0.39, 0.29) is 6.71 Å². The van der Waals surface area contributed by atoms with Gasteiger partial charge in [0.15, 0.2) is 0 Å². The van der Waals surface area contributed by atoms with Gasteiger partial charge in [-0.2, -0.15) is 0 Å². The number of nitrogens with zero attached hydrogens (tertiary/aromatic N) is 2. The van der Waals surface area contributed by atoms with Crippen LogP contribution in [0.15, 0.2) is 144 Å². The molecule has 0 aliphatic carbocycles. The Morgan fingerprint density at radius 2 is 1.00 bits per heavy atom. The van der Waals surface area contributed by atoms with E-state index in [1.807, 2.05) is 12.1 Å². The Kier molecular flexibility index (Phi) is 4.41. The molecule has 6 aromatic carbocycles. The van der Waals surface area contributed by atoms with Crippen molar-refractivity contribution >= 4 is 79.2 Å². The smallest absolute Gasteiger partial charge is 0.252 e. The number of hydrogen-bond acceptors (Lipinski definition) is 3. The first kappa shape index (κ1) is 21.7. The van der Waals surface area contributed by atoms with Crippen LogP contribution >= 0.6 is 0 Å². The molecule has 0 amide bonds. The van der Waals surface area contributed by atoms with Gasteiger partial charge in [0.25, 0.3) is 6.71 Å². The van der Waals surface area contributed by atoms with Gasteiger partial charge in [0, 0.05) is 44.9 Å². The highest BCUT2D eigenvalue weighted by molar-refractivity contribution is 7.00. The van der Waals surface area contributed by atoms with E-state index < -0.39 is 0 Å². The Labute approximate surface area is 232 Å². The number of para-hydroxylation sites is 4. The highest BCUT2D eigenvalue weighted by Crippen LogP contribution is 2.44. The Morgan fingerprint density at radius 3 is 1.75 bits per heavy atom. The van der Waals surface area contributed by atoms with Crippen LogP contribution in [0, 0.1) is 0 Å². The molecule has 4 heteroatoms. The van der Waals surface area contributed by atoms with Gasteiger partial charge in [-0.1, -0.05) is 78.9 Å². The first-order valence-electron chi connectivity index (χ1n) is 13.7. The SMILES string of the molecule is c1ccc(N2c3ccccc3B3c4ccccc4N(c4ccc5oc6ccccc6c5c4)c4cccc2c43)cc1. The molecule has 1 aromatic heterocycles. The molecule has 186 valence electrons. The summed E-state index contributed by atoms with van der Waals surface area (Å²) in [6.45, 7) is 0.147. The normalized spacial score (nSPS) is 13.3. The monoisotopic (exact) mass is 510 g/mol. The van der Waals surface area contributed by atoms with Crippen LogP contribution in [0.2, 0.25) is 0 Å². The van der Waals surface area contributed by atoms with Crippen LogP contribution in [0.3, 0.4) is 0 Å². The van der Waals surface area contributed by atoms with Crippen molar-refractivity contribution in [2.24, 2.45) is 0 Å². The Bertz CT molecular complexity index is 2100. The van der Waals surface area contributed by atoms with Gasteiger partial charge in [-0.15, -0.1) is 0 Å². The van der Waals surface area contributed by atoms with Crippen LogP contribution in [0.25, 0.3) is 21.9 Å².